The topological polar surface area (TPSA) is 106 Å². The molecular formula is C22H19BrN6O2. The Morgan fingerprint density at radius 3 is 2.74 bits per heavy atom. The highest BCUT2D eigenvalue weighted by Crippen LogP contribution is 2.25. The molecule has 2 N–H and O–H groups in total. The molecule has 0 saturated carbocycles. The number of H-pyrrole nitrogens is 1. The van der Waals surface area contributed by atoms with E-state index in [1.165, 1.54) is 0 Å². The molecule has 0 amide bonds. The molecule has 156 valence electrons. The number of aromatic amines is 1. The van der Waals surface area contributed by atoms with Gasteiger partial charge < -0.3 is 9.64 Å². The predicted octanol–water partition coefficient (Wildman–Crippen LogP) is 3.35. The number of ether oxygens (including phenoxy) is 1. The average molecular weight is 479 g/mol. The van der Waals surface area contributed by atoms with E-state index in [1.54, 1.807) is 18.3 Å². The van der Waals surface area contributed by atoms with E-state index in [1.807, 2.05) is 42.5 Å². The number of hydrazone groups is 1. The van der Waals surface area contributed by atoms with E-state index in [0.29, 0.717) is 24.5 Å². The molecule has 31 heavy (non-hydrogen) atoms. The first-order chi connectivity index (χ1) is 15.2. The molecule has 0 atom stereocenters. The summed E-state index contributed by atoms with van der Waals surface area (Å²) in [5.41, 5.74) is 5.16. The lowest BCUT2D eigenvalue weighted by Gasteiger charge is -2.30. The molecule has 3 aromatic rings. The number of nitriles is 1. The molecule has 9 heteroatoms. The SMILES string of the molecule is N#Cc1c(-c2ccccc2)nc(NN=Cc2ccc(Br)cc2N2CCOCC2)[nH]c1=O. The highest BCUT2D eigenvalue weighted by atomic mass is 79.9. The highest BCUT2D eigenvalue weighted by molar-refractivity contribution is 9.10. The van der Waals surface area contributed by atoms with E-state index in [-0.39, 0.29) is 11.5 Å². The van der Waals surface area contributed by atoms with Gasteiger partial charge in [0, 0.05) is 34.4 Å². The van der Waals surface area contributed by atoms with Gasteiger partial charge in [-0.2, -0.15) is 10.4 Å². The van der Waals surface area contributed by atoms with Crippen LogP contribution >= 0.6 is 15.9 Å². The van der Waals surface area contributed by atoms with Crippen molar-refractivity contribution in [3.63, 3.8) is 0 Å². The monoisotopic (exact) mass is 478 g/mol. The van der Waals surface area contributed by atoms with Gasteiger partial charge in [-0.25, -0.2) is 10.4 Å². The van der Waals surface area contributed by atoms with Crippen LogP contribution in [0.15, 0.2) is 62.9 Å². The molecular weight excluding hydrogens is 460 g/mol. The first-order valence-corrected chi connectivity index (χ1v) is 10.5. The first-order valence-electron chi connectivity index (χ1n) is 9.67. The van der Waals surface area contributed by atoms with E-state index in [9.17, 15) is 10.1 Å². The predicted molar refractivity (Wildman–Crippen MR) is 123 cm³/mol. The van der Waals surface area contributed by atoms with Crippen molar-refractivity contribution in [1.82, 2.24) is 9.97 Å². The zero-order valence-corrected chi connectivity index (χ0v) is 18.1. The summed E-state index contributed by atoms with van der Waals surface area (Å²) in [6, 6.07) is 17.0. The van der Waals surface area contributed by atoms with Gasteiger partial charge >= 0.3 is 0 Å². The second-order valence-electron chi connectivity index (χ2n) is 6.79. The second-order valence-corrected chi connectivity index (χ2v) is 7.70. The Morgan fingerprint density at radius 1 is 1.23 bits per heavy atom. The molecule has 8 nitrogen and oxygen atoms in total. The standard InChI is InChI=1S/C22H19BrN6O2/c23-17-7-6-16(19(12-17)29-8-10-31-11-9-29)14-25-28-22-26-20(15-4-2-1-3-5-15)18(13-24)21(30)27-22/h1-7,12,14H,8-11H2,(H2,26,27,28,30). The zero-order valence-electron chi connectivity index (χ0n) is 16.5. The molecule has 0 aliphatic carbocycles. The number of nitrogens with one attached hydrogen (secondary N) is 2. The number of morpholine rings is 1. The van der Waals surface area contributed by atoms with Gasteiger partial charge in [0.05, 0.1) is 25.1 Å². The second kappa shape index (κ2) is 9.55. The van der Waals surface area contributed by atoms with Crippen LogP contribution in [0.1, 0.15) is 11.1 Å². The minimum Gasteiger partial charge on any atom is -0.378 e. The largest absolute Gasteiger partial charge is 0.378 e. The molecule has 2 heterocycles. The minimum absolute atomic E-state index is 0.0387. The van der Waals surface area contributed by atoms with Crippen molar-refractivity contribution in [3.05, 3.63) is 74.5 Å². The summed E-state index contributed by atoms with van der Waals surface area (Å²) in [4.78, 5) is 21.6. The van der Waals surface area contributed by atoms with Crippen LogP contribution in [0.25, 0.3) is 11.3 Å². The Hall–Kier alpha value is -3.48. The maximum atomic E-state index is 12.4. The summed E-state index contributed by atoms with van der Waals surface area (Å²) in [7, 11) is 0. The minimum atomic E-state index is -0.522. The van der Waals surface area contributed by atoms with Gasteiger partial charge in [0.15, 0.2) is 0 Å². The quantitative estimate of drug-likeness (QED) is 0.430. The third kappa shape index (κ3) is 4.82. The van der Waals surface area contributed by atoms with E-state index in [4.69, 9.17) is 4.74 Å². The normalized spacial score (nSPS) is 13.9. The Labute approximate surface area is 187 Å². The van der Waals surface area contributed by atoms with Gasteiger partial charge in [0.25, 0.3) is 5.56 Å². The van der Waals surface area contributed by atoms with Crippen molar-refractivity contribution in [2.75, 3.05) is 36.6 Å². The van der Waals surface area contributed by atoms with Crippen LogP contribution in [-0.2, 0) is 4.74 Å². The van der Waals surface area contributed by atoms with Crippen molar-refractivity contribution >= 4 is 33.8 Å². The lowest BCUT2D eigenvalue weighted by atomic mass is 10.1. The number of halogens is 1. The number of nitrogens with zero attached hydrogens (tertiary/aromatic N) is 4. The fourth-order valence-electron chi connectivity index (χ4n) is 3.30. The smallest absolute Gasteiger partial charge is 0.270 e. The summed E-state index contributed by atoms with van der Waals surface area (Å²) in [6.07, 6.45) is 1.68. The van der Waals surface area contributed by atoms with Gasteiger partial charge in [0.1, 0.15) is 11.6 Å². The summed E-state index contributed by atoms with van der Waals surface area (Å²) in [5, 5.41) is 13.6. The summed E-state index contributed by atoms with van der Waals surface area (Å²) in [5.74, 6) is 0.157. The third-order valence-corrected chi connectivity index (χ3v) is 5.29. The van der Waals surface area contributed by atoms with Gasteiger partial charge in [-0.3, -0.25) is 9.78 Å². The van der Waals surface area contributed by atoms with Crippen LogP contribution in [-0.4, -0.2) is 42.5 Å². The van der Waals surface area contributed by atoms with E-state index in [0.717, 1.165) is 28.8 Å². The Morgan fingerprint density at radius 2 is 2.00 bits per heavy atom. The molecule has 0 radical (unpaired) electrons. The molecule has 4 rings (SSSR count). The van der Waals surface area contributed by atoms with Gasteiger partial charge in [-0.1, -0.05) is 52.3 Å². The fraction of sp³-hybridized carbons (Fsp3) is 0.182. The van der Waals surface area contributed by atoms with E-state index >= 15 is 0 Å². The molecule has 1 aliphatic rings. The third-order valence-electron chi connectivity index (χ3n) is 4.80. The van der Waals surface area contributed by atoms with Crippen LogP contribution in [0.5, 0.6) is 0 Å². The van der Waals surface area contributed by atoms with Crippen LogP contribution in [0, 0.1) is 11.3 Å². The maximum Gasteiger partial charge on any atom is 0.270 e. The van der Waals surface area contributed by atoms with Crippen LogP contribution in [0.4, 0.5) is 11.6 Å². The number of rotatable bonds is 5. The van der Waals surface area contributed by atoms with Crippen molar-refractivity contribution < 1.29 is 4.74 Å². The highest BCUT2D eigenvalue weighted by Gasteiger charge is 2.15. The van der Waals surface area contributed by atoms with E-state index < -0.39 is 5.56 Å². The van der Waals surface area contributed by atoms with Crippen LogP contribution in [0.3, 0.4) is 0 Å². The van der Waals surface area contributed by atoms with Crippen molar-refractivity contribution in [2.24, 2.45) is 5.10 Å². The van der Waals surface area contributed by atoms with Gasteiger partial charge in [-0.05, 0) is 12.1 Å². The lowest BCUT2D eigenvalue weighted by Crippen LogP contribution is -2.36. The number of hydrogen-bond acceptors (Lipinski definition) is 7. The fourth-order valence-corrected chi connectivity index (χ4v) is 3.65. The van der Waals surface area contributed by atoms with E-state index in [2.05, 4.69) is 41.3 Å². The Balaban J connectivity index is 1.61. The lowest BCUT2D eigenvalue weighted by molar-refractivity contribution is 0.122. The molecule has 1 aliphatic heterocycles. The maximum absolute atomic E-state index is 12.4. The zero-order chi connectivity index (χ0) is 21.6. The Bertz CT molecular complexity index is 1200. The number of aromatic nitrogens is 2. The first kappa shape index (κ1) is 20.8. The summed E-state index contributed by atoms with van der Waals surface area (Å²) in [6.45, 7) is 2.96. The van der Waals surface area contributed by atoms with Crippen LogP contribution in [0.2, 0.25) is 0 Å². The summed E-state index contributed by atoms with van der Waals surface area (Å²) >= 11 is 3.53. The molecule has 0 unspecified atom stereocenters. The molecule has 1 aromatic heterocycles. The number of benzene rings is 2. The molecule has 0 bridgehead atoms. The Kier molecular flexibility index (Phi) is 6.40. The number of hydrogen-bond donors (Lipinski definition) is 2. The van der Waals surface area contributed by atoms with Crippen LogP contribution < -0.4 is 15.9 Å². The van der Waals surface area contributed by atoms with Gasteiger partial charge in [0.2, 0.25) is 5.95 Å². The van der Waals surface area contributed by atoms with Crippen molar-refractivity contribution in [2.45, 2.75) is 0 Å². The summed E-state index contributed by atoms with van der Waals surface area (Å²) < 4.78 is 6.42. The number of anilines is 2. The van der Waals surface area contributed by atoms with Gasteiger partial charge in [-0.15, -0.1) is 0 Å². The van der Waals surface area contributed by atoms with Crippen molar-refractivity contribution in [1.29, 1.82) is 5.26 Å². The molecule has 0 spiro atoms. The molecule has 1 fully saturated rings. The molecule has 1 saturated heterocycles. The molecule has 2 aromatic carbocycles. The average Bonchev–Trinajstić information content (AvgIpc) is 2.81. The van der Waals surface area contributed by atoms with Crippen molar-refractivity contribution in [3.8, 4) is 17.3 Å².